The molecule has 9 heteroatoms. The van der Waals surface area contributed by atoms with Crippen LogP contribution in [0.1, 0.15) is 43.7 Å². The van der Waals surface area contributed by atoms with Crippen LogP contribution < -0.4 is 10.2 Å². The number of fused-ring (bicyclic) bond motifs is 1. The average molecular weight is 483 g/mol. The number of nitrogens with one attached hydrogen (secondary N) is 1. The number of sulfonamides is 1. The molecule has 5 rings (SSSR count). The van der Waals surface area contributed by atoms with Gasteiger partial charge in [0.2, 0.25) is 21.8 Å². The molecule has 1 aromatic carbocycles. The molecule has 0 spiro atoms. The fourth-order valence-electron chi connectivity index (χ4n) is 4.99. The predicted octanol–water partition coefficient (Wildman–Crippen LogP) is 2.49. The Bertz CT molecular complexity index is 1200. The number of aromatic nitrogens is 1. The molecular formula is C25H30N4O4S. The second kappa shape index (κ2) is 9.11. The molecule has 2 atom stereocenters. The minimum atomic E-state index is -3.74. The van der Waals surface area contributed by atoms with E-state index in [2.05, 4.69) is 10.3 Å². The number of amides is 2. The van der Waals surface area contributed by atoms with Crippen molar-refractivity contribution in [3.05, 3.63) is 53.9 Å². The Hall–Kier alpha value is -2.78. The number of carbonyl (C=O) groups excluding carboxylic acids is 2. The predicted molar refractivity (Wildman–Crippen MR) is 127 cm³/mol. The van der Waals surface area contributed by atoms with Gasteiger partial charge in [0, 0.05) is 49.7 Å². The van der Waals surface area contributed by atoms with Gasteiger partial charge >= 0.3 is 0 Å². The third kappa shape index (κ3) is 4.46. The van der Waals surface area contributed by atoms with Gasteiger partial charge in [0.25, 0.3) is 0 Å². The van der Waals surface area contributed by atoms with Gasteiger partial charge in [-0.05, 0) is 74.4 Å². The Labute approximate surface area is 200 Å². The molecule has 2 aliphatic heterocycles. The number of hydrogen-bond donors (Lipinski definition) is 1. The maximum absolute atomic E-state index is 13.5. The number of piperidine rings is 1. The zero-order valence-corrected chi connectivity index (χ0v) is 20.1. The first kappa shape index (κ1) is 23.0. The molecule has 1 saturated heterocycles. The van der Waals surface area contributed by atoms with Crippen molar-refractivity contribution >= 4 is 27.5 Å². The van der Waals surface area contributed by atoms with Crippen LogP contribution >= 0.6 is 0 Å². The Kier molecular flexibility index (Phi) is 6.16. The summed E-state index contributed by atoms with van der Waals surface area (Å²) in [6.45, 7) is 2.94. The lowest BCUT2D eigenvalue weighted by Crippen LogP contribution is -2.45. The van der Waals surface area contributed by atoms with Crippen LogP contribution in [0.5, 0.6) is 0 Å². The molecule has 1 saturated carbocycles. The molecule has 0 radical (unpaired) electrons. The van der Waals surface area contributed by atoms with Crippen molar-refractivity contribution in [2.75, 3.05) is 18.0 Å². The topological polar surface area (TPSA) is 99.7 Å². The summed E-state index contributed by atoms with van der Waals surface area (Å²) in [5.74, 6) is -0.258. The molecule has 3 aliphatic rings. The average Bonchev–Trinajstić information content (AvgIpc) is 3.64. The highest BCUT2D eigenvalue weighted by atomic mass is 32.2. The molecular weight excluding hydrogens is 452 g/mol. The van der Waals surface area contributed by atoms with E-state index in [1.54, 1.807) is 30.6 Å². The molecule has 34 heavy (non-hydrogen) atoms. The number of rotatable bonds is 6. The van der Waals surface area contributed by atoms with Crippen molar-refractivity contribution in [2.45, 2.75) is 56.5 Å². The molecule has 2 amide bonds. The standard InChI is InChI=1S/C25H30N4O4S/c1-17-12-21-13-22(8-9-23(21)29(17)25(31)19-6-7-19)34(32,33)28-11-3-5-20(16-28)24(30)27-15-18-4-2-10-26-14-18/h2,4,8-10,13-14,17,19-20H,3,5-7,11-12,15-16H2,1H3,(H,27,30). The highest BCUT2D eigenvalue weighted by Gasteiger charge is 2.40. The van der Waals surface area contributed by atoms with E-state index in [1.807, 2.05) is 24.0 Å². The molecule has 2 fully saturated rings. The second-order valence-corrected chi connectivity index (χ2v) is 11.5. The summed E-state index contributed by atoms with van der Waals surface area (Å²) >= 11 is 0. The van der Waals surface area contributed by atoms with Gasteiger partial charge in [-0.3, -0.25) is 14.6 Å². The summed E-state index contributed by atoms with van der Waals surface area (Å²) in [4.78, 5) is 31.6. The summed E-state index contributed by atoms with van der Waals surface area (Å²) in [6, 6.07) is 8.82. The summed E-state index contributed by atoms with van der Waals surface area (Å²) in [5, 5.41) is 2.91. The Morgan fingerprint density at radius 2 is 1.97 bits per heavy atom. The minimum Gasteiger partial charge on any atom is -0.352 e. The van der Waals surface area contributed by atoms with Gasteiger partial charge in [0.1, 0.15) is 0 Å². The van der Waals surface area contributed by atoms with Crippen molar-refractivity contribution < 1.29 is 18.0 Å². The van der Waals surface area contributed by atoms with E-state index in [0.717, 1.165) is 29.7 Å². The van der Waals surface area contributed by atoms with Crippen LogP contribution in [0.3, 0.4) is 0 Å². The molecule has 1 aliphatic carbocycles. The van der Waals surface area contributed by atoms with Crippen LogP contribution in [0.4, 0.5) is 5.69 Å². The van der Waals surface area contributed by atoms with E-state index in [-0.39, 0.29) is 41.1 Å². The Morgan fingerprint density at radius 3 is 2.71 bits per heavy atom. The van der Waals surface area contributed by atoms with Gasteiger partial charge in [0.05, 0.1) is 10.8 Å². The van der Waals surface area contributed by atoms with Gasteiger partial charge in [-0.15, -0.1) is 0 Å². The summed E-state index contributed by atoms with van der Waals surface area (Å²) in [5.41, 5.74) is 2.62. The van der Waals surface area contributed by atoms with E-state index in [0.29, 0.717) is 32.4 Å². The van der Waals surface area contributed by atoms with Crippen LogP contribution in [-0.4, -0.2) is 48.7 Å². The molecule has 2 aromatic rings. The Morgan fingerprint density at radius 1 is 1.15 bits per heavy atom. The number of pyridine rings is 1. The van der Waals surface area contributed by atoms with Gasteiger partial charge in [-0.1, -0.05) is 6.07 Å². The molecule has 180 valence electrons. The number of carbonyl (C=O) groups is 2. The molecule has 0 bridgehead atoms. The maximum atomic E-state index is 13.5. The SMILES string of the molecule is CC1Cc2cc(S(=O)(=O)N3CCCC(C(=O)NCc4cccnc4)C3)ccc2N1C(=O)C1CC1. The first-order chi connectivity index (χ1) is 16.3. The lowest BCUT2D eigenvalue weighted by Gasteiger charge is -2.31. The second-order valence-electron chi connectivity index (χ2n) is 9.61. The highest BCUT2D eigenvalue weighted by molar-refractivity contribution is 7.89. The molecule has 8 nitrogen and oxygen atoms in total. The van der Waals surface area contributed by atoms with E-state index < -0.39 is 10.0 Å². The quantitative estimate of drug-likeness (QED) is 0.682. The summed E-state index contributed by atoms with van der Waals surface area (Å²) < 4.78 is 28.3. The van der Waals surface area contributed by atoms with Crippen LogP contribution in [0.2, 0.25) is 0 Å². The zero-order chi connectivity index (χ0) is 23.9. The number of hydrogen-bond acceptors (Lipinski definition) is 5. The van der Waals surface area contributed by atoms with E-state index in [4.69, 9.17) is 0 Å². The van der Waals surface area contributed by atoms with Crippen LogP contribution in [0, 0.1) is 11.8 Å². The first-order valence-electron chi connectivity index (χ1n) is 12.0. The summed E-state index contributed by atoms with van der Waals surface area (Å²) in [6.07, 6.45) is 7.20. The van der Waals surface area contributed by atoms with Crippen LogP contribution in [0.25, 0.3) is 0 Å². The van der Waals surface area contributed by atoms with Crippen molar-refractivity contribution in [2.24, 2.45) is 11.8 Å². The van der Waals surface area contributed by atoms with Crippen LogP contribution in [-0.2, 0) is 32.6 Å². The van der Waals surface area contributed by atoms with Gasteiger partial charge in [0.15, 0.2) is 0 Å². The monoisotopic (exact) mass is 482 g/mol. The number of anilines is 1. The third-order valence-electron chi connectivity index (χ3n) is 7.01. The van der Waals surface area contributed by atoms with Gasteiger partial charge in [-0.25, -0.2) is 8.42 Å². The lowest BCUT2D eigenvalue weighted by atomic mass is 9.99. The maximum Gasteiger partial charge on any atom is 0.243 e. The first-order valence-corrected chi connectivity index (χ1v) is 13.4. The van der Waals surface area contributed by atoms with E-state index in [1.165, 1.54) is 4.31 Å². The smallest absolute Gasteiger partial charge is 0.243 e. The fourth-order valence-corrected chi connectivity index (χ4v) is 6.57. The number of benzene rings is 1. The van der Waals surface area contributed by atoms with E-state index in [9.17, 15) is 18.0 Å². The lowest BCUT2D eigenvalue weighted by molar-refractivity contribution is -0.126. The minimum absolute atomic E-state index is 0.0314. The van der Waals surface area contributed by atoms with Crippen molar-refractivity contribution in [1.29, 1.82) is 0 Å². The zero-order valence-electron chi connectivity index (χ0n) is 19.3. The van der Waals surface area contributed by atoms with Crippen molar-refractivity contribution in [3.8, 4) is 0 Å². The largest absolute Gasteiger partial charge is 0.352 e. The van der Waals surface area contributed by atoms with Gasteiger partial charge in [-0.2, -0.15) is 4.31 Å². The highest BCUT2D eigenvalue weighted by Crippen LogP contribution is 2.40. The van der Waals surface area contributed by atoms with Crippen LogP contribution in [0.15, 0.2) is 47.6 Å². The molecule has 1 aromatic heterocycles. The normalized spacial score (nSPS) is 22.9. The molecule has 1 N–H and O–H groups in total. The number of nitrogens with zero attached hydrogens (tertiary/aromatic N) is 3. The third-order valence-corrected chi connectivity index (χ3v) is 8.87. The van der Waals surface area contributed by atoms with Gasteiger partial charge < -0.3 is 10.2 Å². The van der Waals surface area contributed by atoms with Crippen molar-refractivity contribution in [3.63, 3.8) is 0 Å². The fraction of sp³-hybridized carbons (Fsp3) is 0.480. The molecule has 2 unspecified atom stereocenters. The summed E-state index contributed by atoms with van der Waals surface area (Å²) in [7, 11) is -3.74. The van der Waals surface area contributed by atoms with Crippen molar-refractivity contribution in [1.82, 2.24) is 14.6 Å². The molecule has 3 heterocycles. The van der Waals surface area contributed by atoms with E-state index >= 15 is 0 Å². The Balaban J connectivity index is 1.28.